The minimum atomic E-state index is -0.549. The molecule has 0 saturated carbocycles. The number of nitrogens with zero attached hydrogens (tertiary/aromatic N) is 2. The van der Waals surface area contributed by atoms with Crippen LogP contribution in [0.25, 0.3) is 10.9 Å². The Bertz CT molecular complexity index is 747. The lowest BCUT2D eigenvalue weighted by molar-refractivity contribution is -0.134. The van der Waals surface area contributed by atoms with Gasteiger partial charge in [0, 0.05) is 50.7 Å². The number of aromatic nitrogens is 1. The number of rotatable bonds is 4. The summed E-state index contributed by atoms with van der Waals surface area (Å²) in [5.74, 6) is 0.0141. The molecule has 6 heteroatoms. The van der Waals surface area contributed by atoms with Gasteiger partial charge in [-0.25, -0.2) is 4.79 Å². The minimum Gasteiger partial charge on any atom is -0.361 e. The molecule has 2 heterocycles. The van der Waals surface area contributed by atoms with Gasteiger partial charge in [-0.2, -0.15) is 0 Å². The molecule has 6 nitrogen and oxygen atoms in total. The van der Waals surface area contributed by atoms with Crippen molar-refractivity contribution in [2.45, 2.75) is 31.7 Å². The van der Waals surface area contributed by atoms with E-state index in [1.54, 1.807) is 14.1 Å². The molecule has 0 aliphatic carbocycles. The molecule has 1 aromatic heterocycles. The molecule has 1 aliphatic heterocycles. The number of para-hydroxylation sites is 1. The zero-order valence-corrected chi connectivity index (χ0v) is 14.9. The van der Waals surface area contributed by atoms with Crippen LogP contribution in [0, 0.1) is 0 Å². The number of benzene rings is 1. The van der Waals surface area contributed by atoms with E-state index in [-0.39, 0.29) is 11.9 Å². The fourth-order valence-corrected chi connectivity index (χ4v) is 3.33. The normalized spacial score (nSPS) is 15.8. The second-order valence-electron chi connectivity index (χ2n) is 6.85. The molecule has 25 heavy (non-hydrogen) atoms. The number of hydrogen-bond acceptors (Lipinski definition) is 2. The van der Waals surface area contributed by atoms with Gasteiger partial charge in [0.15, 0.2) is 0 Å². The predicted molar refractivity (Wildman–Crippen MR) is 98.4 cm³/mol. The number of carbonyl (C=O) groups is 2. The summed E-state index contributed by atoms with van der Waals surface area (Å²) in [6, 6.07) is 7.23. The number of aromatic amines is 1. The van der Waals surface area contributed by atoms with Gasteiger partial charge in [0.05, 0.1) is 0 Å². The van der Waals surface area contributed by atoms with Gasteiger partial charge < -0.3 is 20.1 Å². The van der Waals surface area contributed by atoms with Crippen LogP contribution >= 0.6 is 0 Å². The fraction of sp³-hybridized carbons (Fsp3) is 0.474. The maximum Gasteiger partial charge on any atom is 0.317 e. The Morgan fingerprint density at radius 1 is 1.20 bits per heavy atom. The van der Waals surface area contributed by atoms with Gasteiger partial charge >= 0.3 is 6.03 Å². The van der Waals surface area contributed by atoms with E-state index in [1.165, 1.54) is 11.3 Å². The van der Waals surface area contributed by atoms with E-state index < -0.39 is 6.04 Å². The molecule has 0 unspecified atom stereocenters. The smallest absolute Gasteiger partial charge is 0.317 e. The van der Waals surface area contributed by atoms with Crippen molar-refractivity contribution >= 4 is 22.8 Å². The molecule has 0 radical (unpaired) electrons. The molecule has 2 N–H and O–H groups in total. The van der Waals surface area contributed by atoms with Crippen molar-refractivity contribution < 1.29 is 9.59 Å². The van der Waals surface area contributed by atoms with E-state index >= 15 is 0 Å². The molecular weight excluding hydrogens is 316 g/mol. The highest BCUT2D eigenvalue weighted by atomic mass is 16.2. The van der Waals surface area contributed by atoms with Gasteiger partial charge in [0.25, 0.3) is 0 Å². The molecule has 1 aromatic carbocycles. The zero-order valence-electron chi connectivity index (χ0n) is 14.9. The van der Waals surface area contributed by atoms with Gasteiger partial charge in [-0.1, -0.05) is 18.2 Å². The van der Waals surface area contributed by atoms with Gasteiger partial charge in [0.1, 0.15) is 6.04 Å². The average Bonchev–Trinajstić information content (AvgIpc) is 3.04. The first-order chi connectivity index (χ1) is 12.1. The summed E-state index contributed by atoms with van der Waals surface area (Å²) in [7, 11) is 3.37. The second kappa shape index (κ2) is 7.59. The minimum absolute atomic E-state index is 0.0141. The number of piperidine rings is 1. The van der Waals surface area contributed by atoms with Crippen molar-refractivity contribution in [1.29, 1.82) is 0 Å². The molecule has 3 rings (SSSR count). The number of likely N-dealkylation sites (tertiary alicyclic amines) is 1. The van der Waals surface area contributed by atoms with Crippen molar-refractivity contribution in [2.24, 2.45) is 0 Å². The lowest BCUT2D eigenvalue weighted by Gasteiger charge is -2.31. The van der Waals surface area contributed by atoms with Crippen LogP contribution in [0.2, 0.25) is 0 Å². The summed E-state index contributed by atoms with van der Waals surface area (Å²) in [6.45, 7) is 1.56. The van der Waals surface area contributed by atoms with Crippen LogP contribution in [0.4, 0.5) is 4.79 Å². The van der Waals surface area contributed by atoms with Crippen LogP contribution in [0.5, 0.6) is 0 Å². The average molecular weight is 342 g/mol. The maximum absolute atomic E-state index is 13.0. The molecular formula is C19H26N4O2. The molecule has 1 aliphatic rings. The molecule has 2 aromatic rings. The number of nitrogens with one attached hydrogen (secondary N) is 2. The Morgan fingerprint density at radius 3 is 2.64 bits per heavy atom. The van der Waals surface area contributed by atoms with Gasteiger partial charge in [-0.05, 0) is 30.9 Å². The van der Waals surface area contributed by atoms with Gasteiger partial charge in [0.2, 0.25) is 5.91 Å². The monoisotopic (exact) mass is 342 g/mol. The summed E-state index contributed by atoms with van der Waals surface area (Å²) < 4.78 is 0. The van der Waals surface area contributed by atoms with E-state index in [2.05, 4.69) is 10.3 Å². The third-order valence-electron chi connectivity index (χ3n) is 4.77. The highest BCUT2D eigenvalue weighted by Crippen LogP contribution is 2.20. The van der Waals surface area contributed by atoms with Crippen LogP contribution in [-0.2, 0) is 11.2 Å². The topological polar surface area (TPSA) is 68.4 Å². The van der Waals surface area contributed by atoms with E-state index in [4.69, 9.17) is 0 Å². The maximum atomic E-state index is 13.0. The summed E-state index contributed by atoms with van der Waals surface area (Å²) in [6.07, 6.45) is 5.66. The summed E-state index contributed by atoms with van der Waals surface area (Å²) >= 11 is 0. The highest BCUT2D eigenvalue weighted by molar-refractivity contribution is 5.89. The largest absolute Gasteiger partial charge is 0.361 e. The van der Waals surface area contributed by atoms with Crippen molar-refractivity contribution in [3.63, 3.8) is 0 Å². The quantitative estimate of drug-likeness (QED) is 0.896. The molecule has 1 atom stereocenters. The first kappa shape index (κ1) is 17.3. The fourth-order valence-electron chi connectivity index (χ4n) is 3.33. The molecule has 0 bridgehead atoms. The predicted octanol–water partition coefficient (Wildman–Crippen LogP) is 2.36. The van der Waals surface area contributed by atoms with Crippen molar-refractivity contribution in [2.75, 3.05) is 27.2 Å². The van der Waals surface area contributed by atoms with Crippen LogP contribution in [0.1, 0.15) is 24.8 Å². The Hall–Kier alpha value is -2.50. The Labute approximate surface area is 148 Å². The van der Waals surface area contributed by atoms with Crippen LogP contribution in [-0.4, -0.2) is 59.9 Å². The third-order valence-corrected chi connectivity index (χ3v) is 4.77. The second-order valence-corrected chi connectivity index (χ2v) is 6.85. The van der Waals surface area contributed by atoms with E-state index in [0.717, 1.165) is 42.4 Å². The van der Waals surface area contributed by atoms with Crippen molar-refractivity contribution in [3.05, 3.63) is 36.0 Å². The third kappa shape index (κ3) is 3.95. The van der Waals surface area contributed by atoms with Gasteiger partial charge in [-0.3, -0.25) is 4.79 Å². The van der Waals surface area contributed by atoms with Crippen LogP contribution < -0.4 is 5.32 Å². The van der Waals surface area contributed by atoms with Crippen LogP contribution in [0.3, 0.4) is 0 Å². The van der Waals surface area contributed by atoms with Crippen molar-refractivity contribution in [1.82, 2.24) is 20.1 Å². The number of amides is 3. The van der Waals surface area contributed by atoms with Crippen LogP contribution in [0.15, 0.2) is 30.5 Å². The zero-order chi connectivity index (χ0) is 17.8. The SMILES string of the molecule is CN(C)C(=O)N[C@@H](Cc1c[nH]c2ccccc12)C(=O)N1CCCCC1. The first-order valence-electron chi connectivity index (χ1n) is 8.88. The van der Waals surface area contributed by atoms with E-state index in [9.17, 15) is 9.59 Å². The first-order valence-corrected chi connectivity index (χ1v) is 8.88. The molecule has 0 spiro atoms. The molecule has 3 amide bonds. The Kier molecular flexibility index (Phi) is 5.26. The van der Waals surface area contributed by atoms with E-state index in [0.29, 0.717) is 6.42 Å². The number of urea groups is 1. The molecule has 1 fully saturated rings. The number of H-pyrrole nitrogens is 1. The molecule has 134 valence electrons. The van der Waals surface area contributed by atoms with Gasteiger partial charge in [-0.15, -0.1) is 0 Å². The van der Waals surface area contributed by atoms with Crippen molar-refractivity contribution in [3.8, 4) is 0 Å². The summed E-state index contributed by atoms with van der Waals surface area (Å²) in [5, 5.41) is 3.99. The lowest BCUT2D eigenvalue weighted by Crippen LogP contribution is -2.53. The Morgan fingerprint density at radius 2 is 1.92 bits per heavy atom. The van der Waals surface area contributed by atoms with E-state index in [1.807, 2.05) is 35.4 Å². The number of carbonyl (C=O) groups excluding carboxylic acids is 2. The lowest BCUT2D eigenvalue weighted by atomic mass is 10.0. The number of fused-ring (bicyclic) bond motifs is 1. The highest BCUT2D eigenvalue weighted by Gasteiger charge is 2.28. The standard InChI is InChI=1S/C19H26N4O2/c1-22(2)19(25)21-17(18(24)23-10-6-3-7-11-23)12-14-13-20-16-9-5-4-8-15(14)16/h4-5,8-9,13,17,20H,3,6-7,10-12H2,1-2H3,(H,21,25)/t17-/m0/s1. The number of hydrogen-bond donors (Lipinski definition) is 2. The summed E-state index contributed by atoms with van der Waals surface area (Å²) in [4.78, 5) is 31.8. The Balaban J connectivity index is 1.82. The molecule has 1 saturated heterocycles. The summed E-state index contributed by atoms with van der Waals surface area (Å²) in [5.41, 5.74) is 2.09.